The van der Waals surface area contributed by atoms with Gasteiger partial charge in [-0.05, 0) is 86.8 Å². The summed E-state index contributed by atoms with van der Waals surface area (Å²) in [5.41, 5.74) is 1.86. The molecule has 0 bridgehead atoms. The molecule has 3 rings (SSSR count). The van der Waals surface area contributed by atoms with E-state index in [1.165, 1.54) is 18.2 Å². The number of amides is 1. The maximum atomic E-state index is 12.6. The molecule has 0 atom stereocenters. The molecule has 3 aromatic rings. The van der Waals surface area contributed by atoms with Gasteiger partial charge in [-0.2, -0.15) is 13.7 Å². The highest BCUT2D eigenvalue weighted by atomic mass is 79.9. The van der Waals surface area contributed by atoms with Crippen LogP contribution in [0.1, 0.15) is 11.1 Å². The van der Waals surface area contributed by atoms with Crippen LogP contribution >= 0.6 is 31.9 Å². The highest BCUT2D eigenvalue weighted by Gasteiger charge is 2.21. The van der Waals surface area contributed by atoms with Crippen molar-refractivity contribution in [3.05, 3.63) is 92.4 Å². The lowest BCUT2D eigenvalue weighted by molar-refractivity contribution is -0.112. The number of anilines is 1. The van der Waals surface area contributed by atoms with Gasteiger partial charge in [0.15, 0.2) is 5.75 Å². The first kappa shape index (κ1) is 23.7. The molecule has 1 amide bonds. The van der Waals surface area contributed by atoms with E-state index in [9.17, 15) is 18.5 Å². The second-order valence-electron chi connectivity index (χ2n) is 6.65. The number of nitriles is 1. The number of hydrogen-bond donors (Lipinski definition) is 1. The number of carbonyl (C=O) groups is 1. The summed E-state index contributed by atoms with van der Waals surface area (Å²) in [6.45, 7) is 1.85. The highest BCUT2D eigenvalue weighted by Crippen LogP contribution is 2.37. The number of nitrogens with zero attached hydrogens (tertiary/aromatic N) is 1. The third kappa shape index (κ3) is 5.85. The lowest BCUT2D eigenvalue weighted by atomic mass is 10.1. The van der Waals surface area contributed by atoms with E-state index in [4.69, 9.17) is 4.18 Å². The largest absolute Gasteiger partial charge is 0.377 e. The predicted molar refractivity (Wildman–Crippen MR) is 129 cm³/mol. The maximum Gasteiger partial charge on any atom is 0.339 e. The van der Waals surface area contributed by atoms with E-state index in [1.807, 2.05) is 19.1 Å². The van der Waals surface area contributed by atoms with Gasteiger partial charge < -0.3 is 9.50 Å². The molecule has 0 aliphatic carbocycles. The normalized spacial score (nSPS) is 11.5. The van der Waals surface area contributed by atoms with Crippen LogP contribution in [0.15, 0.2) is 86.1 Å². The molecule has 0 unspecified atom stereocenters. The molecular formula is C23H16Br2N2O4S. The Morgan fingerprint density at radius 3 is 2.19 bits per heavy atom. The predicted octanol–water partition coefficient (Wildman–Crippen LogP) is 5.83. The molecule has 0 saturated heterocycles. The summed E-state index contributed by atoms with van der Waals surface area (Å²) in [7, 11) is -4.06. The Morgan fingerprint density at radius 1 is 1.03 bits per heavy atom. The van der Waals surface area contributed by atoms with Gasteiger partial charge >= 0.3 is 10.1 Å². The van der Waals surface area contributed by atoms with E-state index in [-0.39, 0.29) is 16.2 Å². The number of hydrogen-bond acceptors (Lipinski definition) is 5. The minimum absolute atomic E-state index is 0.0234. The molecule has 6 nitrogen and oxygen atoms in total. The number of rotatable bonds is 6. The van der Waals surface area contributed by atoms with Gasteiger partial charge in [-0.15, -0.1) is 0 Å². The van der Waals surface area contributed by atoms with E-state index in [2.05, 4.69) is 37.2 Å². The first-order chi connectivity index (χ1) is 15.2. The minimum atomic E-state index is -4.06. The van der Waals surface area contributed by atoms with Gasteiger partial charge in [0.05, 0.1) is 8.95 Å². The summed E-state index contributed by atoms with van der Waals surface area (Å²) in [5, 5.41) is 12.1. The molecule has 0 heterocycles. The van der Waals surface area contributed by atoms with Crippen LogP contribution in [0.3, 0.4) is 0 Å². The summed E-state index contributed by atoms with van der Waals surface area (Å²) in [4.78, 5) is 12.4. The quantitative estimate of drug-likeness (QED) is 0.226. The van der Waals surface area contributed by atoms with Crippen LogP contribution in [0, 0.1) is 18.3 Å². The number of para-hydroxylation sites is 1. The first-order valence-corrected chi connectivity index (χ1v) is 12.2. The average Bonchev–Trinajstić information content (AvgIpc) is 2.75. The topological polar surface area (TPSA) is 96.3 Å². The van der Waals surface area contributed by atoms with Crippen molar-refractivity contribution in [2.45, 2.75) is 11.8 Å². The molecule has 0 saturated carbocycles. The number of benzene rings is 3. The first-order valence-electron chi connectivity index (χ1n) is 9.18. The van der Waals surface area contributed by atoms with Crippen molar-refractivity contribution >= 4 is 59.6 Å². The zero-order valence-corrected chi connectivity index (χ0v) is 20.7. The third-order valence-corrected chi connectivity index (χ3v) is 6.64. The van der Waals surface area contributed by atoms with E-state index < -0.39 is 16.0 Å². The second-order valence-corrected chi connectivity index (χ2v) is 9.91. The molecule has 32 heavy (non-hydrogen) atoms. The molecule has 0 aliphatic heterocycles. The van der Waals surface area contributed by atoms with Crippen LogP contribution in [-0.2, 0) is 14.9 Å². The molecule has 1 N–H and O–H groups in total. The molecule has 0 spiro atoms. The minimum Gasteiger partial charge on any atom is -0.377 e. The van der Waals surface area contributed by atoms with Crippen molar-refractivity contribution in [2.75, 3.05) is 5.32 Å². The Bertz CT molecular complexity index is 1310. The van der Waals surface area contributed by atoms with Gasteiger partial charge in [0, 0.05) is 5.69 Å². The zero-order valence-electron chi connectivity index (χ0n) is 16.7. The van der Waals surface area contributed by atoms with Crippen LogP contribution in [0.5, 0.6) is 5.75 Å². The molecule has 0 aromatic heterocycles. The van der Waals surface area contributed by atoms with Gasteiger partial charge in [-0.3, -0.25) is 4.79 Å². The maximum absolute atomic E-state index is 12.6. The van der Waals surface area contributed by atoms with Crippen LogP contribution in [-0.4, -0.2) is 14.3 Å². The van der Waals surface area contributed by atoms with Gasteiger partial charge in [0.2, 0.25) is 0 Å². The lowest BCUT2D eigenvalue weighted by Gasteiger charge is -2.12. The molecule has 162 valence electrons. The Morgan fingerprint density at radius 2 is 1.62 bits per heavy atom. The second kappa shape index (κ2) is 10.1. The Hall–Kier alpha value is -2.93. The van der Waals surface area contributed by atoms with E-state index in [1.54, 1.807) is 48.5 Å². The number of nitrogens with one attached hydrogen (secondary N) is 1. The molecule has 0 fully saturated rings. The standard InChI is InChI=1S/C23H16Br2N2O4S/c1-15-7-9-19(10-8-15)32(29,30)31-22-20(24)12-16(13-21(22)25)11-17(14-26)23(28)27-18-5-3-2-4-6-18/h2-13H,1H3,(H,27,28)/b17-11+. The highest BCUT2D eigenvalue weighted by molar-refractivity contribution is 9.11. The van der Waals surface area contributed by atoms with Gasteiger partial charge in [-0.1, -0.05) is 35.9 Å². The smallest absolute Gasteiger partial charge is 0.339 e. The van der Waals surface area contributed by atoms with Crippen LogP contribution in [0.4, 0.5) is 5.69 Å². The van der Waals surface area contributed by atoms with Crippen molar-refractivity contribution in [2.24, 2.45) is 0 Å². The number of halogens is 2. The van der Waals surface area contributed by atoms with Crippen molar-refractivity contribution in [1.82, 2.24) is 0 Å². The number of carbonyl (C=O) groups excluding carboxylic acids is 1. The molecule has 9 heteroatoms. The molecule has 0 aliphatic rings. The van der Waals surface area contributed by atoms with Gasteiger partial charge in [-0.25, -0.2) is 0 Å². The SMILES string of the molecule is Cc1ccc(S(=O)(=O)Oc2c(Br)cc(/C=C(\C#N)C(=O)Nc3ccccc3)cc2Br)cc1. The Labute approximate surface area is 202 Å². The van der Waals surface area contributed by atoms with Crippen molar-refractivity contribution in [1.29, 1.82) is 5.26 Å². The van der Waals surface area contributed by atoms with Gasteiger partial charge in [0.1, 0.15) is 16.5 Å². The summed E-state index contributed by atoms with van der Waals surface area (Å²) in [5.74, 6) is -0.511. The van der Waals surface area contributed by atoms with E-state index in [0.29, 0.717) is 20.2 Å². The van der Waals surface area contributed by atoms with Crippen molar-refractivity contribution in [3.8, 4) is 11.8 Å². The summed E-state index contributed by atoms with van der Waals surface area (Å²) in [6.07, 6.45) is 1.39. The van der Waals surface area contributed by atoms with E-state index in [0.717, 1.165) is 5.56 Å². The van der Waals surface area contributed by atoms with Crippen LogP contribution < -0.4 is 9.50 Å². The lowest BCUT2D eigenvalue weighted by Crippen LogP contribution is -2.13. The Balaban J connectivity index is 1.86. The van der Waals surface area contributed by atoms with Gasteiger partial charge in [0.25, 0.3) is 5.91 Å². The van der Waals surface area contributed by atoms with Crippen molar-refractivity contribution in [3.63, 3.8) is 0 Å². The molecule has 0 radical (unpaired) electrons. The Kier molecular flexibility index (Phi) is 7.51. The summed E-state index contributed by atoms with van der Waals surface area (Å²) >= 11 is 6.61. The average molecular weight is 576 g/mol. The van der Waals surface area contributed by atoms with Crippen LogP contribution in [0.2, 0.25) is 0 Å². The van der Waals surface area contributed by atoms with E-state index >= 15 is 0 Å². The molecular weight excluding hydrogens is 560 g/mol. The van der Waals surface area contributed by atoms with Crippen molar-refractivity contribution < 1.29 is 17.4 Å². The van der Waals surface area contributed by atoms with Crippen LogP contribution in [0.25, 0.3) is 6.08 Å². The summed E-state index contributed by atoms with van der Waals surface area (Å²) in [6, 6.07) is 20.0. The number of aryl methyl sites for hydroxylation is 1. The fraction of sp³-hybridized carbons (Fsp3) is 0.0435. The zero-order chi connectivity index (χ0) is 23.3. The fourth-order valence-electron chi connectivity index (χ4n) is 2.64. The monoisotopic (exact) mass is 574 g/mol. The summed E-state index contributed by atoms with van der Waals surface area (Å²) < 4.78 is 31.2. The fourth-order valence-corrected chi connectivity index (χ4v) is 5.20. The third-order valence-electron chi connectivity index (χ3n) is 4.23. The molecule has 3 aromatic carbocycles.